The van der Waals surface area contributed by atoms with Crippen molar-refractivity contribution in [2.45, 2.75) is 70.6 Å². The van der Waals surface area contributed by atoms with Crippen LogP contribution in [0.5, 0.6) is 0 Å². The van der Waals surface area contributed by atoms with E-state index in [-0.39, 0.29) is 6.03 Å². The van der Waals surface area contributed by atoms with Crippen LogP contribution in [0, 0.1) is 5.92 Å². The minimum absolute atomic E-state index is 0.0411. The van der Waals surface area contributed by atoms with Crippen molar-refractivity contribution >= 4 is 6.03 Å². The highest BCUT2D eigenvalue weighted by Gasteiger charge is 2.37. The molecule has 2 amide bonds. The summed E-state index contributed by atoms with van der Waals surface area (Å²) in [6.45, 7) is 4.17. The van der Waals surface area contributed by atoms with Crippen molar-refractivity contribution in [3.8, 4) is 0 Å². The first-order valence-corrected chi connectivity index (χ1v) is 9.73. The molecule has 5 rings (SSSR count). The van der Waals surface area contributed by atoms with E-state index in [0.29, 0.717) is 25.0 Å². The number of aromatic nitrogens is 3. The smallest absolute Gasteiger partial charge is 0.318 e. The Hall–Kier alpha value is -2.31. The Morgan fingerprint density at radius 2 is 2.23 bits per heavy atom. The third-order valence-electron chi connectivity index (χ3n) is 5.82. The third kappa shape index (κ3) is 2.99. The summed E-state index contributed by atoms with van der Waals surface area (Å²) in [4.78, 5) is 14.6. The average Bonchev–Trinajstić information content (AvgIpc) is 3.42. The molecule has 3 aliphatic rings. The zero-order chi connectivity index (χ0) is 17.7. The number of aryl methyl sites for hydroxylation is 1. The van der Waals surface area contributed by atoms with Crippen LogP contribution in [0.1, 0.15) is 61.7 Å². The van der Waals surface area contributed by atoms with Crippen LogP contribution in [0.4, 0.5) is 4.79 Å². The first-order chi connectivity index (χ1) is 12.7. The van der Waals surface area contributed by atoms with Gasteiger partial charge in [-0.1, -0.05) is 6.92 Å². The molecule has 2 aliphatic carbocycles. The number of carbonyl (C=O) groups excluding carboxylic acids is 1. The number of carbonyl (C=O) groups is 1. The highest BCUT2D eigenvalue weighted by atomic mass is 16.3. The minimum atomic E-state index is -0.0411. The molecule has 0 saturated heterocycles. The van der Waals surface area contributed by atoms with Crippen molar-refractivity contribution in [3.05, 3.63) is 35.3 Å². The minimum Gasteiger partial charge on any atom is -0.464 e. The summed E-state index contributed by atoms with van der Waals surface area (Å²) in [6, 6.07) is 4.38. The molecule has 7 heteroatoms. The van der Waals surface area contributed by atoms with Gasteiger partial charge in [-0.05, 0) is 43.7 Å². The summed E-state index contributed by atoms with van der Waals surface area (Å²) in [6.07, 6.45) is 5.44. The molecule has 2 aromatic heterocycles. The molecule has 0 aromatic carbocycles. The Morgan fingerprint density at radius 1 is 1.38 bits per heavy atom. The van der Waals surface area contributed by atoms with Gasteiger partial charge in [0, 0.05) is 24.9 Å². The predicted octanol–water partition coefficient (Wildman–Crippen LogP) is 2.81. The van der Waals surface area contributed by atoms with Crippen molar-refractivity contribution in [1.29, 1.82) is 0 Å². The summed E-state index contributed by atoms with van der Waals surface area (Å²) in [7, 11) is 0. The van der Waals surface area contributed by atoms with E-state index in [0.717, 1.165) is 61.3 Å². The lowest BCUT2D eigenvalue weighted by Gasteiger charge is -2.21. The second-order valence-corrected chi connectivity index (χ2v) is 7.93. The molecule has 26 heavy (non-hydrogen) atoms. The van der Waals surface area contributed by atoms with Crippen LogP contribution in [-0.2, 0) is 26.1 Å². The zero-order valence-corrected chi connectivity index (χ0v) is 15.1. The quantitative estimate of drug-likeness (QED) is 0.864. The van der Waals surface area contributed by atoms with Gasteiger partial charge in [-0.15, -0.1) is 10.2 Å². The molecule has 1 N–H and O–H groups in total. The molecule has 3 heterocycles. The maximum Gasteiger partial charge on any atom is 0.318 e. The molecule has 0 bridgehead atoms. The van der Waals surface area contributed by atoms with E-state index in [2.05, 4.69) is 33.1 Å². The van der Waals surface area contributed by atoms with Crippen molar-refractivity contribution < 1.29 is 9.21 Å². The molecule has 2 atom stereocenters. The Labute approximate surface area is 152 Å². The van der Waals surface area contributed by atoms with E-state index in [1.165, 1.54) is 6.42 Å². The molecule has 138 valence electrons. The van der Waals surface area contributed by atoms with Crippen LogP contribution in [0.3, 0.4) is 0 Å². The molecular weight excluding hydrogens is 330 g/mol. The van der Waals surface area contributed by atoms with E-state index < -0.39 is 0 Å². The fourth-order valence-corrected chi connectivity index (χ4v) is 3.92. The van der Waals surface area contributed by atoms with Crippen LogP contribution in [-0.4, -0.2) is 31.7 Å². The molecule has 7 nitrogen and oxygen atoms in total. The Bertz CT molecular complexity index is 822. The van der Waals surface area contributed by atoms with Crippen molar-refractivity contribution in [2.24, 2.45) is 5.92 Å². The third-order valence-corrected chi connectivity index (χ3v) is 5.82. The Morgan fingerprint density at radius 3 is 3.00 bits per heavy atom. The van der Waals surface area contributed by atoms with Gasteiger partial charge in [0.15, 0.2) is 5.82 Å². The maximum atomic E-state index is 12.7. The van der Waals surface area contributed by atoms with Gasteiger partial charge in [-0.2, -0.15) is 0 Å². The summed E-state index contributed by atoms with van der Waals surface area (Å²) < 4.78 is 8.12. The summed E-state index contributed by atoms with van der Waals surface area (Å²) in [5.41, 5.74) is 0. The largest absolute Gasteiger partial charge is 0.464 e. The number of nitrogens with one attached hydrogen (secondary N) is 1. The molecule has 2 saturated carbocycles. The van der Waals surface area contributed by atoms with Crippen molar-refractivity contribution in [2.75, 3.05) is 0 Å². The molecule has 1 aliphatic heterocycles. The van der Waals surface area contributed by atoms with Crippen LogP contribution in [0.15, 0.2) is 16.5 Å². The monoisotopic (exact) mass is 355 g/mol. The highest BCUT2D eigenvalue weighted by Crippen LogP contribution is 2.47. The van der Waals surface area contributed by atoms with Gasteiger partial charge in [0.2, 0.25) is 0 Å². The van der Waals surface area contributed by atoms with E-state index in [1.807, 2.05) is 11.0 Å². The number of rotatable bonds is 6. The standard InChI is InChI=1S/C19H25N5O2/c1-12-9-15(12)16-7-6-14(26-16)11-24(13-4-5-13)19(25)20-10-18-22-21-17-3-2-8-23(17)18/h6-7,12-13,15H,2-5,8-11H2,1H3,(H,20,25)/t12-,15-/m0/s1. The molecule has 0 unspecified atom stereocenters. The Balaban J connectivity index is 1.22. The summed E-state index contributed by atoms with van der Waals surface area (Å²) in [5.74, 6) is 5.13. The van der Waals surface area contributed by atoms with Gasteiger partial charge < -0.3 is 19.2 Å². The molecule has 2 fully saturated rings. The second-order valence-electron chi connectivity index (χ2n) is 7.93. The molecule has 2 aromatic rings. The highest BCUT2D eigenvalue weighted by molar-refractivity contribution is 5.74. The van der Waals surface area contributed by atoms with Crippen LogP contribution in [0.2, 0.25) is 0 Å². The number of nitrogens with zero attached hydrogens (tertiary/aromatic N) is 4. The Kier molecular flexibility index (Phi) is 3.76. The van der Waals surface area contributed by atoms with E-state index >= 15 is 0 Å². The lowest BCUT2D eigenvalue weighted by molar-refractivity contribution is 0.185. The first-order valence-electron chi connectivity index (χ1n) is 9.73. The SMILES string of the molecule is C[C@H]1C[C@@H]1c1ccc(CN(C(=O)NCc2nnc3n2CCC3)C2CC2)o1. The van der Waals surface area contributed by atoms with Gasteiger partial charge >= 0.3 is 6.03 Å². The number of hydrogen-bond donors (Lipinski definition) is 1. The van der Waals surface area contributed by atoms with E-state index in [1.54, 1.807) is 0 Å². The summed E-state index contributed by atoms with van der Waals surface area (Å²) in [5, 5.41) is 11.4. The van der Waals surface area contributed by atoms with Crippen LogP contribution < -0.4 is 5.32 Å². The number of hydrogen-bond acceptors (Lipinski definition) is 4. The normalized spacial score (nSPS) is 23.7. The lowest BCUT2D eigenvalue weighted by atomic mass is 10.3. The van der Waals surface area contributed by atoms with E-state index in [9.17, 15) is 4.79 Å². The maximum absolute atomic E-state index is 12.7. The predicted molar refractivity (Wildman–Crippen MR) is 94.4 cm³/mol. The molecule has 0 spiro atoms. The van der Waals surface area contributed by atoms with E-state index in [4.69, 9.17) is 4.42 Å². The fourth-order valence-electron chi connectivity index (χ4n) is 3.92. The van der Waals surface area contributed by atoms with Crippen LogP contribution in [0.25, 0.3) is 0 Å². The molecule has 0 radical (unpaired) electrons. The fraction of sp³-hybridized carbons (Fsp3) is 0.632. The van der Waals surface area contributed by atoms with Gasteiger partial charge in [0.25, 0.3) is 0 Å². The average molecular weight is 355 g/mol. The van der Waals surface area contributed by atoms with Gasteiger partial charge in [0.05, 0.1) is 13.1 Å². The lowest BCUT2D eigenvalue weighted by Crippen LogP contribution is -2.40. The van der Waals surface area contributed by atoms with Crippen LogP contribution >= 0.6 is 0 Å². The topological polar surface area (TPSA) is 76.2 Å². The summed E-state index contributed by atoms with van der Waals surface area (Å²) >= 11 is 0. The number of fused-ring (bicyclic) bond motifs is 1. The molecular formula is C19H25N5O2. The van der Waals surface area contributed by atoms with Gasteiger partial charge in [-0.25, -0.2) is 4.79 Å². The number of urea groups is 1. The zero-order valence-electron chi connectivity index (χ0n) is 15.1. The van der Waals surface area contributed by atoms with Gasteiger partial charge in [0.1, 0.15) is 17.3 Å². The number of furan rings is 1. The second kappa shape index (κ2) is 6.14. The van der Waals surface area contributed by atoms with Crippen molar-refractivity contribution in [3.63, 3.8) is 0 Å². The van der Waals surface area contributed by atoms with Crippen molar-refractivity contribution in [1.82, 2.24) is 25.0 Å². The van der Waals surface area contributed by atoms with Gasteiger partial charge in [-0.3, -0.25) is 0 Å². The first kappa shape index (κ1) is 15.9. The number of amides is 2.